The Morgan fingerprint density at radius 2 is 2.10 bits per heavy atom. The van der Waals surface area contributed by atoms with E-state index in [-0.39, 0.29) is 5.92 Å². The number of esters is 1. The Morgan fingerprint density at radius 3 is 2.62 bits per heavy atom. The van der Waals surface area contributed by atoms with Crippen LogP contribution in [-0.4, -0.2) is 38.7 Å². The van der Waals surface area contributed by atoms with Crippen molar-refractivity contribution in [2.24, 2.45) is 11.8 Å². The number of allylic oxidation sites excluding steroid dienone is 2. The Kier molecular flexibility index (Phi) is 5.93. The maximum Gasteiger partial charge on any atom is 0.377 e. The largest absolute Gasteiger partial charge is 0.499 e. The molecular weight excluding hydrogens is 286 g/mol. The van der Waals surface area contributed by atoms with Gasteiger partial charge in [-0.1, -0.05) is 0 Å². The SMILES string of the molecule is CCOC1=CCC(C2COC(OC(=O)C(F)F)OC2)CC1. The molecule has 0 radical (unpaired) electrons. The molecule has 1 aliphatic heterocycles. The molecule has 1 atom stereocenters. The lowest BCUT2D eigenvalue weighted by atomic mass is 9.83. The van der Waals surface area contributed by atoms with Gasteiger partial charge < -0.3 is 18.9 Å². The number of rotatable bonds is 5. The van der Waals surface area contributed by atoms with Gasteiger partial charge in [0, 0.05) is 12.3 Å². The summed E-state index contributed by atoms with van der Waals surface area (Å²) in [6.45, 7) is 1.98. The van der Waals surface area contributed by atoms with Crippen molar-refractivity contribution >= 4 is 5.97 Å². The minimum Gasteiger partial charge on any atom is -0.499 e. The summed E-state index contributed by atoms with van der Waals surface area (Å²) in [5.41, 5.74) is 0. The van der Waals surface area contributed by atoms with Crippen LogP contribution in [0.15, 0.2) is 11.8 Å². The zero-order valence-electron chi connectivity index (χ0n) is 11.9. The van der Waals surface area contributed by atoms with Crippen LogP contribution in [0.25, 0.3) is 0 Å². The second-order valence-electron chi connectivity index (χ2n) is 5.09. The zero-order chi connectivity index (χ0) is 15.2. The van der Waals surface area contributed by atoms with E-state index in [4.69, 9.17) is 14.2 Å². The summed E-state index contributed by atoms with van der Waals surface area (Å²) in [5, 5.41) is 0. The van der Waals surface area contributed by atoms with E-state index in [0.717, 1.165) is 25.0 Å². The molecule has 0 spiro atoms. The molecule has 1 heterocycles. The third-order valence-corrected chi connectivity index (χ3v) is 3.69. The smallest absolute Gasteiger partial charge is 0.377 e. The standard InChI is InChI=1S/C14H20F2O5/c1-2-18-11-5-3-9(4-6-11)10-7-19-14(20-8-10)21-13(17)12(15)16/h5,9-10,12,14H,2-4,6-8H2,1H3. The Morgan fingerprint density at radius 1 is 1.38 bits per heavy atom. The average Bonchev–Trinajstić information content (AvgIpc) is 2.49. The van der Waals surface area contributed by atoms with Crippen LogP contribution in [0.4, 0.5) is 8.78 Å². The highest BCUT2D eigenvalue weighted by atomic mass is 19.3. The van der Waals surface area contributed by atoms with Gasteiger partial charge >= 0.3 is 18.9 Å². The maximum absolute atomic E-state index is 12.0. The predicted octanol–water partition coefficient (Wildman–Crippen LogP) is 2.46. The Hall–Kier alpha value is -1.21. The number of hydrogen-bond acceptors (Lipinski definition) is 5. The van der Waals surface area contributed by atoms with E-state index in [1.165, 1.54) is 0 Å². The summed E-state index contributed by atoms with van der Waals surface area (Å²) < 4.78 is 44.3. The molecule has 0 aromatic heterocycles. The molecule has 21 heavy (non-hydrogen) atoms. The molecule has 0 saturated carbocycles. The van der Waals surface area contributed by atoms with Crippen LogP contribution >= 0.6 is 0 Å². The van der Waals surface area contributed by atoms with Gasteiger partial charge in [0.05, 0.1) is 25.6 Å². The third-order valence-electron chi connectivity index (χ3n) is 3.69. The molecule has 0 amide bonds. The molecule has 0 aromatic rings. The fraction of sp³-hybridized carbons (Fsp3) is 0.786. The molecule has 5 nitrogen and oxygen atoms in total. The lowest BCUT2D eigenvalue weighted by Gasteiger charge is -2.34. The molecule has 120 valence electrons. The summed E-state index contributed by atoms with van der Waals surface area (Å²) >= 11 is 0. The van der Waals surface area contributed by atoms with E-state index in [2.05, 4.69) is 10.8 Å². The number of carbonyl (C=O) groups excluding carboxylic acids is 1. The molecule has 1 fully saturated rings. The summed E-state index contributed by atoms with van der Waals surface area (Å²) in [7, 11) is 0. The Balaban J connectivity index is 1.73. The first-order valence-electron chi connectivity index (χ1n) is 7.13. The molecule has 0 N–H and O–H groups in total. The molecule has 2 aliphatic rings. The molecule has 1 saturated heterocycles. The van der Waals surface area contributed by atoms with Crippen molar-refractivity contribution in [3.05, 3.63) is 11.8 Å². The van der Waals surface area contributed by atoms with Crippen molar-refractivity contribution in [3.8, 4) is 0 Å². The molecule has 0 bridgehead atoms. The van der Waals surface area contributed by atoms with Crippen molar-refractivity contribution < 1.29 is 32.5 Å². The van der Waals surface area contributed by atoms with E-state index in [1.807, 2.05) is 6.92 Å². The summed E-state index contributed by atoms with van der Waals surface area (Å²) in [5.74, 6) is -0.0255. The number of ether oxygens (including phenoxy) is 4. The van der Waals surface area contributed by atoms with Gasteiger partial charge in [-0.2, -0.15) is 8.78 Å². The summed E-state index contributed by atoms with van der Waals surface area (Å²) in [4.78, 5) is 10.7. The number of alkyl halides is 2. The minimum atomic E-state index is -3.17. The second-order valence-corrected chi connectivity index (χ2v) is 5.09. The van der Waals surface area contributed by atoms with Gasteiger partial charge in [-0.25, -0.2) is 4.79 Å². The van der Waals surface area contributed by atoms with E-state index in [1.54, 1.807) is 0 Å². The second kappa shape index (κ2) is 7.70. The molecule has 1 aliphatic carbocycles. The van der Waals surface area contributed by atoms with E-state index in [0.29, 0.717) is 25.7 Å². The monoisotopic (exact) mass is 306 g/mol. The van der Waals surface area contributed by atoms with Crippen molar-refractivity contribution in [1.82, 2.24) is 0 Å². The molecular formula is C14H20F2O5. The van der Waals surface area contributed by atoms with Gasteiger partial charge in [0.2, 0.25) is 0 Å². The number of carbonyl (C=O) groups is 1. The molecule has 1 unspecified atom stereocenters. The lowest BCUT2D eigenvalue weighted by molar-refractivity contribution is -0.315. The van der Waals surface area contributed by atoms with Gasteiger partial charge in [-0.3, -0.25) is 0 Å². The lowest BCUT2D eigenvalue weighted by Crippen LogP contribution is -2.39. The maximum atomic E-state index is 12.0. The first-order valence-corrected chi connectivity index (χ1v) is 7.13. The van der Waals surface area contributed by atoms with Crippen LogP contribution in [-0.2, 0) is 23.7 Å². The first kappa shape index (κ1) is 16.2. The van der Waals surface area contributed by atoms with Gasteiger partial charge in [0.25, 0.3) is 0 Å². The topological polar surface area (TPSA) is 54.0 Å². The van der Waals surface area contributed by atoms with E-state index in [9.17, 15) is 13.6 Å². The highest BCUT2D eigenvalue weighted by Crippen LogP contribution is 2.32. The van der Waals surface area contributed by atoms with Crippen LogP contribution in [0.3, 0.4) is 0 Å². The van der Waals surface area contributed by atoms with Crippen molar-refractivity contribution in [3.63, 3.8) is 0 Å². The van der Waals surface area contributed by atoms with Crippen LogP contribution in [0, 0.1) is 11.8 Å². The van der Waals surface area contributed by atoms with Crippen molar-refractivity contribution in [1.29, 1.82) is 0 Å². The van der Waals surface area contributed by atoms with Crippen molar-refractivity contribution in [2.75, 3.05) is 19.8 Å². The van der Waals surface area contributed by atoms with Crippen LogP contribution in [0.1, 0.15) is 26.2 Å². The molecule has 2 rings (SSSR count). The Bertz CT molecular complexity index is 378. The zero-order valence-corrected chi connectivity index (χ0v) is 11.9. The number of hydrogen-bond donors (Lipinski definition) is 0. The molecule has 7 heteroatoms. The summed E-state index contributed by atoms with van der Waals surface area (Å²) in [6, 6.07) is 0. The third kappa shape index (κ3) is 4.64. The van der Waals surface area contributed by atoms with Crippen molar-refractivity contribution in [2.45, 2.75) is 39.1 Å². The van der Waals surface area contributed by atoms with Gasteiger partial charge in [0.15, 0.2) is 0 Å². The quantitative estimate of drug-likeness (QED) is 0.730. The van der Waals surface area contributed by atoms with Gasteiger partial charge in [-0.15, -0.1) is 0 Å². The van der Waals surface area contributed by atoms with Crippen LogP contribution in [0.2, 0.25) is 0 Å². The highest BCUT2D eigenvalue weighted by Gasteiger charge is 2.32. The minimum absolute atomic E-state index is 0.172. The molecule has 0 aromatic carbocycles. The van der Waals surface area contributed by atoms with Crippen LogP contribution < -0.4 is 0 Å². The van der Waals surface area contributed by atoms with Crippen LogP contribution in [0.5, 0.6) is 0 Å². The van der Waals surface area contributed by atoms with Gasteiger partial charge in [0.1, 0.15) is 0 Å². The fourth-order valence-electron chi connectivity index (χ4n) is 2.56. The fourth-order valence-corrected chi connectivity index (χ4v) is 2.56. The average molecular weight is 306 g/mol. The highest BCUT2D eigenvalue weighted by molar-refractivity contribution is 5.72. The Labute approximate surface area is 122 Å². The predicted molar refractivity (Wildman–Crippen MR) is 68.3 cm³/mol. The summed E-state index contributed by atoms with van der Waals surface area (Å²) in [6.07, 6.45) is 1.66. The van der Waals surface area contributed by atoms with E-state index >= 15 is 0 Å². The van der Waals surface area contributed by atoms with Gasteiger partial charge in [-0.05, 0) is 31.8 Å². The first-order chi connectivity index (χ1) is 10.1. The number of halogens is 2. The van der Waals surface area contributed by atoms with E-state index < -0.39 is 18.9 Å². The normalized spacial score (nSPS) is 29.9.